The maximum absolute atomic E-state index is 13.1. The molecule has 0 bridgehead atoms. The number of hydrogen-bond acceptors (Lipinski definition) is 6. The monoisotopic (exact) mass is 498 g/mol. The Kier molecular flexibility index (Phi) is 8.24. The number of rotatable bonds is 9. The fraction of sp³-hybridized carbons (Fsp3) is 0.320. The fourth-order valence-electron chi connectivity index (χ4n) is 3.65. The summed E-state index contributed by atoms with van der Waals surface area (Å²) in [4.78, 5) is 36.4. The normalized spacial score (nSPS) is 11.8. The molecule has 1 heterocycles. The summed E-state index contributed by atoms with van der Waals surface area (Å²) in [5.74, 6) is -0.825. The highest BCUT2D eigenvalue weighted by molar-refractivity contribution is 6.34. The van der Waals surface area contributed by atoms with Gasteiger partial charge >= 0.3 is 5.97 Å². The third-order valence-corrected chi connectivity index (χ3v) is 5.71. The molecule has 0 aliphatic heterocycles. The lowest BCUT2D eigenvalue weighted by atomic mass is 10.1. The number of carbonyl (C=O) groups excluding carboxylic acids is 2. The number of esters is 1. The van der Waals surface area contributed by atoms with Crippen LogP contribution in [0.3, 0.4) is 0 Å². The van der Waals surface area contributed by atoms with E-state index in [0.717, 1.165) is 29.6 Å². The average molecular weight is 499 g/mol. The highest BCUT2D eigenvalue weighted by atomic mass is 35.5. The lowest BCUT2D eigenvalue weighted by molar-refractivity contribution is -0.384. The van der Waals surface area contributed by atoms with E-state index in [1.54, 1.807) is 30.3 Å². The lowest BCUT2D eigenvalue weighted by Crippen LogP contribution is -2.26. The third-order valence-electron chi connectivity index (χ3n) is 5.40. The van der Waals surface area contributed by atoms with Gasteiger partial charge in [0.1, 0.15) is 0 Å². The zero-order chi connectivity index (χ0) is 25.7. The minimum atomic E-state index is -1.25. The number of non-ortho nitro benzene ring substituents is 1. The van der Waals surface area contributed by atoms with Crippen LogP contribution < -0.4 is 5.32 Å². The molecule has 0 fully saturated rings. The van der Waals surface area contributed by atoms with Crippen LogP contribution in [0, 0.1) is 29.9 Å². The summed E-state index contributed by atoms with van der Waals surface area (Å²) in [6.45, 7) is 8.65. The van der Waals surface area contributed by atoms with E-state index < -0.39 is 22.9 Å². The second kappa shape index (κ2) is 11.1. The largest absolute Gasteiger partial charge is 0.447 e. The maximum atomic E-state index is 13.1. The second-order valence-corrected chi connectivity index (χ2v) is 9.00. The predicted octanol–water partition coefficient (Wildman–Crippen LogP) is 5.18. The Morgan fingerprint density at radius 3 is 2.46 bits per heavy atom. The van der Waals surface area contributed by atoms with Crippen molar-refractivity contribution in [2.45, 2.75) is 46.8 Å². The van der Waals surface area contributed by atoms with E-state index in [1.807, 2.05) is 18.5 Å². The van der Waals surface area contributed by atoms with Crippen LogP contribution in [-0.2, 0) is 27.3 Å². The summed E-state index contributed by atoms with van der Waals surface area (Å²) < 4.78 is 7.51. The van der Waals surface area contributed by atoms with Crippen molar-refractivity contribution in [2.24, 2.45) is 5.92 Å². The molecule has 0 saturated carbocycles. The van der Waals surface area contributed by atoms with Crippen LogP contribution in [0.5, 0.6) is 0 Å². The van der Waals surface area contributed by atoms with Gasteiger partial charge in [0.25, 0.3) is 11.6 Å². The smallest absolute Gasteiger partial charge is 0.311 e. The van der Waals surface area contributed by atoms with Crippen molar-refractivity contribution in [3.05, 3.63) is 86.2 Å². The van der Waals surface area contributed by atoms with Gasteiger partial charge in [0, 0.05) is 35.5 Å². The van der Waals surface area contributed by atoms with Crippen molar-refractivity contribution < 1.29 is 19.2 Å². The molecule has 184 valence electrons. The Morgan fingerprint density at radius 2 is 1.86 bits per heavy atom. The van der Waals surface area contributed by atoms with Gasteiger partial charge in [0.15, 0.2) is 0 Å². The molecule has 0 radical (unpaired) electrons. The van der Waals surface area contributed by atoms with Gasteiger partial charge in [-0.1, -0.05) is 55.8 Å². The summed E-state index contributed by atoms with van der Waals surface area (Å²) in [7, 11) is 0. The number of carbonyl (C=O) groups is 2. The first kappa shape index (κ1) is 25.9. The predicted molar refractivity (Wildman–Crippen MR) is 132 cm³/mol. The van der Waals surface area contributed by atoms with Gasteiger partial charge in [0.2, 0.25) is 6.10 Å². The summed E-state index contributed by atoms with van der Waals surface area (Å²) in [5, 5.41) is 18.1. The minimum absolute atomic E-state index is 0.00509. The Bertz CT molecular complexity index is 1240. The molecular weight excluding hydrogens is 472 g/mol. The number of halogens is 1. The van der Waals surface area contributed by atoms with E-state index in [9.17, 15) is 19.7 Å². The van der Waals surface area contributed by atoms with Crippen LogP contribution in [0.4, 0.5) is 11.4 Å². The molecule has 1 aromatic heterocycles. The molecule has 1 atom stereocenters. The molecule has 2 aromatic carbocycles. The standard InChI is InChI=1S/C25H27ClN4O5/c1-15(2)14-29-17(4)20(16(3)28-29)13-23(31)35-24(18-8-6-5-7-9-18)25(32)27-22-11-10-19(30(33)34)12-21(22)26/h5-12,15,24H,13-14H2,1-4H3,(H,27,32). The van der Waals surface area contributed by atoms with Crippen molar-refractivity contribution in [1.82, 2.24) is 9.78 Å². The Labute approximate surface area is 208 Å². The van der Waals surface area contributed by atoms with Crippen LogP contribution in [0.2, 0.25) is 5.02 Å². The van der Waals surface area contributed by atoms with Gasteiger partial charge in [-0.3, -0.25) is 24.4 Å². The van der Waals surface area contributed by atoms with Crippen LogP contribution in [0.1, 0.15) is 42.5 Å². The molecule has 0 spiro atoms. The average Bonchev–Trinajstić information content (AvgIpc) is 3.05. The molecule has 1 N–H and O–H groups in total. The van der Waals surface area contributed by atoms with Crippen molar-refractivity contribution in [1.29, 1.82) is 0 Å². The number of nitrogens with zero attached hydrogens (tertiary/aromatic N) is 3. The van der Waals surface area contributed by atoms with Crippen molar-refractivity contribution in [3.63, 3.8) is 0 Å². The second-order valence-electron chi connectivity index (χ2n) is 8.59. The topological polar surface area (TPSA) is 116 Å². The van der Waals surface area contributed by atoms with Gasteiger partial charge in [-0.15, -0.1) is 0 Å². The number of nitro groups is 1. The first-order valence-electron chi connectivity index (χ1n) is 11.1. The minimum Gasteiger partial charge on any atom is -0.447 e. The van der Waals surface area contributed by atoms with Crippen LogP contribution in [0.15, 0.2) is 48.5 Å². The van der Waals surface area contributed by atoms with Gasteiger partial charge < -0.3 is 10.1 Å². The zero-order valence-electron chi connectivity index (χ0n) is 19.9. The fourth-order valence-corrected chi connectivity index (χ4v) is 3.87. The summed E-state index contributed by atoms with van der Waals surface area (Å²) in [6.07, 6.45) is -1.29. The molecule has 0 saturated heterocycles. The molecule has 1 amide bonds. The summed E-state index contributed by atoms with van der Waals surface area (Å²) in [6, 6.07) is 12.3. The molecule has 10 heteroatoms. The molecule has 3 rings (SSSR count). The Morgan fingerprint density at radius 1 is 1.17 bits per heavy atom. The number of amides is 1. The van der Waals surface area contributed by atoms with E-state index in [1.165, 1.54) is 12.1 Å². The van der Waals surface area contributed by atoms with E-state index in [4.69, 9.17) is 16.3 Å². The molecular formula is C25H27ClN4O5. The summed E-state index contributed by atoms with van der Waals surface area (Å²) >= 11 is 6.12. The Hall–Kier alpha value is -3.72. The van der Waals surface area contributed by atoms with Crippen LogP contribution >= 0.6 is 11.6 Å². The lowest BCUT2D eigenvalue weighted by Gasteiger charge is -2.18. The number of hydrogen-bond donors (Lipinski definition) is 1. The molecule has 1 unspecified atom stereocenters. The third kappa shape index (κ3) is 6.45. The number of aryl methyl sites for hydroxylation is 1. The first-order chi connectivity index (χ1) is 16.6. The van der Waals surface area contributed by atoms with Crippen molar-refractivity contribution >= 4 is 34.9 Å². The van der Waals surface area contributed by atoms with Gasteiger partial charge in [0.05, 0.1) is 27.7 Å². The van der Waals surface area contributed by atoms with Crippen molar-refractivity contribution in [2.75, 3.05) is 5.32 Å². The number of benzene rings is 2. The summed E-state index contributed by atoms with van der Waals surface area (Å²) in [5.41, 5.74) is 2.82. The molecule has 0 aliphatic carbocycles. The quantitative estimate of drug-likeness (QED) is 0.247. The molecule has 0 aliphatic rings. The van der Waals surface area contributed by atoms with E-state index in [-0.39, 0.29) is 22.8 Å². The SMILES string of the molecule is Cc1nn(CC(C)C)c(C)c1CC(=O)OC(C(=O)Nc1ccc([N+](=O)[O-])cc1Cl)c1ccccc1. The first-order valence-corrected chi connectivity index (χ1v) is 11.5. The number of ether oxygens (including phenoxy) is 1. The molecule has 9 nitrogen and oxygen atoms in total. The number of nitro benzene ring substituents is 1. The van der Waals surface area contributed by atoms with Gasteiger partial charge in [-0.05, 0) is 25.8 Å². The van der Waals surface area contributed by atoms with E-state index in [0.29, 0.717) is 11.5 Å². The molecule has 3 aromatic rings. The maximum Gasteiger partial charge on any atom is 0.311 e. The zero-order valence-corrected chi connectivity index (χ0v) is 20.7. The van der Waals surface area contributed by atoms with Gasteiger partial charge in [-0.25, -0.2) is 0 Å². The van der Waals surface area contributed by atoms with E-state index in [2.05, 4.69) is 24.3 Å². The van der Waals surface area contributed by atoms with Crippen molar-refractivity contribution in [3.8, 4) is 0 Å². The number of anilines is 1. The number of nitrogens with one attached hydrogen (secondary N) is 1. The highest BCUT2D eigenvalue weighted by Crippen LogP contribution is 2.29. The van der Waals surface area contributed by atoms with Gasteiger partial charge in [-0.2, -0.15) is 5.10 Å². The van der Waals surface area contributed by atoms with E-state index >= 15 is 0 Å². The van der Waals surface area contributed by atoms with Crippen LogP contribution in [-0.4, -0.2) is 26.6 Å². The van der Waals surface area contributed by atoms with Crippen LogP contribution in [0.25, 0.3) is 0 Å². The Balaban J connectivity index is 1.81. The highest BCUT2D eigenvalue weighted by Gasteiger charge is 2.27. The molecule has 35 heavy (non-hydrogen) atoms. The number of aromatic nitrogens is 2.